The van der Waals surface area contributed by atoms with Gasteiger partial charge in [-0.15, -0.1) is 0 Å². The molecule has 0 bridgehead atoms. The maximum absolute atomic E-state index is 6.34. The van der Waals surface area contributed by atoms with Gasteiger partial charge in [-0.05, 0) is 38.0 Å². The fraction of sp³-hybridized carbons (Fsp3) is 0.438. The summed E-state index contributed by atoms with van der Waals surface area (Å²) in [5.74, 6) is 0.828. The molecule has 0 fully saturated rings. The predicted molar refractivity (Wildman–Crippen MR) is 86.1 cm³/mol. The zero-order chi connectivity index (χ0) is 15.6. The van der Waals surface area contributed by atoms with Gasteiger partial charge < -0.3 is 10.5 Å². The summed E-state index contributed by atoms with van der Waals surface area (Å²) in [5.41, 5.74) is 9.22. The minimum Gasteiger partial charge on any atom is -0.497 e. The summed E-state index contributed by atoms with van der Waals surface area (Å²) in [6.45, 7) is 5.96. The standard InChI is InChI=1S/C16H22ClN3O/c1-5-14(18)16(12-6-8-13(21-4)9-7-12)20-11(3)15(17)10(2)19-20/h6-9,14,16H,5,18H2,1-4H3. The molecule has 0 saturated heterocycles. The Hall–Kier alpha value is -1.52. The van der Waals surface area contributed by atoms with Gasteiger partial charge in [-0.3, -0.25) is 4.68 Å². The first-order chi connectivity index (χ1) is 9.99. The van der Waals surface area contributed by atoms with E-state index in [1.54, 1.807) is 7.11 Å². The number of ether oxygens (including phenoxy) is 1. The first kappa shape index (κ1) is 15.9. The van der Waals surface area contributed by atoms with Crippen molar-refractivity contribution in [2.75, 3.05) is 7.11 Å². The average molecular weight is 308 g/mol. The molecular formula is C16H22ClN3O. The van der Waals surface area contributed by atoms with E-state index in [-0.39, 0.29) is 12.1 Å². The Bertz CT molecular complexity index is 607. The van der Waals surface area contributed by atoms with Crippen LogP contribution >= 0.6 is 11.6 Å². The van der Waals surface area contributed by atoms with Crippen LogP contribution in [0.3, 0.4) is 0 Å². The number of hydrogen-bond acceptors (Lipinski definition) is 3. The lowest BCUT2D eigenvalue weighted by Gasteiger charge is -2.25. The van der Waals surface area contributed by atoms with Crippen LogP contribution in [0.1, 0.15) is 36.3 Å². The second-order valence-corrected chi connectivity index (χ2v) is 5.60. The highest BCUT2D eigenvalue weighted by molar-refractivity contribution is 6.31. The van der Waals surface area contributed by atoms with Crippen molar-refractivity contribution in [3.8, 4) is 5.75 Å². The quantitative estimate of drug-likeness (QED) is 0.920. The first-order valence-corrected chi connectivity index (χ1v) is 7.48. The number of halogens is 1. The van der Waals surface area contributed by atoms with E-state index < -0.39 is 0 Å². The van der Waals surface area contributed by atoms with Crippen molar-refractivity contribution < 1.29 is 4.74 Å². The lowest BCUT2D eigenvalue weighted by molar-refractivity contribution is 0.407. The normalized spacial score (nSPS) is 14.0. The van der Waals surface area contributed by atoms with Crippen LogP contribution in [0.2, 0.25) is 5.02 Å². The van der Waals surface area contributed by atoms with Crippen LogP contribution in [0, 0.1) is 13.8 Å². The second kappa shape index (κ2) is 6.50. The molecule has 1 heterocycles. The van der Waals surface area contributed by atoms with Gasteiger partial charge in [0.05, 0.1) is 29.6 Å². The lowest BCUT2D eigenvalue weighted by atomic mass is 9.98. The summed E-state index contributed by atoms with van der Waals surface area (Å²) >= 11 is 6.28. The number of aryl methyl sites for hydroxylation is 1. The molecule has 114 valence electrons. The molecule has 1 aromatic heterocycles. The van der Waals surface area contributed by atoms with Crippen LogP contribution in [0.15, 0.2) is 24.3 Å². The van der Waals surface area contributed by atoms with Crippen LogP contribution in [0.4, 0.5) is 0 Å². The molecule has 5 heteroatoms. The highest BCUT2D eigenvalue weighted by Gasteiger charge is 2.24. The number of rotatable bonds is 5. The smallest absolute Gasteiger partial charge is 0.118 e. The van der Waals surface area contributed by atoms with Crippen LogP contribution in [-0.4, -0.2) is 22.9 Å². The summed E-state index contributed by atoms with van der Waals surface area (Å²) in [6.07, 6.45) is 0.854. The summed E-state index contributed by atoms with van der Waals surface area (Å²) < 4.78 is 7.15. The molecule has 21 heavy (non-hydrogen) atoms. The van der Waals surface area contributed by atoms with Gasteiger partial charge in [0, 0.05) is 6.04 Å². The molecule has 0 amide bonds. The van der Waals surface area contributed by atoms with Gasteiger partial charge in [0.25, 0.3) is 0 Å². The Balaban J connectivity index is 2.49. The summed E-state index contributed by atoms with van der Waals surface area (Å²) in [6, 6.07) is 7.88. The molecule has 2 N–H and O–H groups in total. The fourth-order valence-electron chi connectivity index (χ4n) is 2.51. The van der Waals surface area contributed by atoms with Crippen LogP contribution in [0.5, 0.6) is 5.75 Å². The largest absolute Gasteiger partial charge is 0.497 e. The van der Waals surface area contributed by atoms with E-state index in [1.165, 1.54) is 0 Å². The summed E-state index contributed by atoms with van der Waals surface area (Å²) in [5, 5.41) is 5.28. The summed E-state index contributed by atoms with van der Waals surface area (Å²) in [4.78, 5) is 0. The fourth-order valence-corrected chi connectivity index (χ4v) is 2.63. The monoisotopic (exact) mass is 307 g/mol. The van der Waals surface area contributed by atoms with Crippen molar-refractivity contribution in [2.45, 2.75) is 39.3 Å². The molecule has 0 aliphatic rings. The van der Waals surface area contributed by atoms with Crippen molar-refractivity contribution in [3.63, 3.8) is 0 Å². The molecule has 2 rings (SSSR count). The highest BCUT2D eigenvalue weighted by Crippen LogP contribution is 2.29. The first-order valence-electron chi connectivity index (χ1n) is 7.10. The van der Waals surface area contributed by atoms with Crippen molar-refractivity contribution >= 4 is 11.6 Å². The molecule has 2 aromatic rings. The van der Waals surface area contributed by atoms with E-state index in [2.05, 4.69) is 12.0 Å². The molecule has 0 aliphatic heterocycles. The van der Waals surface area contributed by atoms with Crippen molar-refractivity contribution in [1.82, 2.24) is 9.78 Å². The lowest BCUT2D eigenvalue weighted by Crippen LogP contribution is -2.33. The third-order valence-corrected chi connectivity index (χ3v) is 4.38. The van der Waals surface area contributed by atoms with E-state index in [0.717, 1.165) is 29.1 Å². The zero-order valence-electron chi connectivity index (χ0n) is 12.9. The van der Waals surface area contributed by atoms with Gasteiger partial charge in [0.15, 0.2) is 0 Å². The maximum atomic E-state index is 6.34. The van der Waals surface area contributed by atoms with E-state index in [9.17, 15) is 0 Å². The minimum absolute atomic E-state index is 0.0348. The van der Waals surface area contributed by atoms with Crippen molar-refractivity contribution in [2.24, 2.45) is 5.73 Å². The number of hydrogen-bond donors (Lipinski definition) is 1. The molecule has 4 nitrogen and oxygen atoms in total. The van der Waals surface area contributed by atoms with Crippen molar-refractivity contribution in [3.05, 3.63) is 46.2 Å². The number of benzene rings is 1. The predicted octanol–water partition coefficient (Wildman–Crippen LogP) is 3.49. The molecule has 2 unspecified atom stereocenters. The van der Waals surface area contributed by atoms with E-state index in [4.69, 9.17) is 22.1 Å². The Morgan fingerprint density at radius 3 is 2.33 bits per heavy atom. The van der Waals surface area contributed by atoms with Crippen molar-refractivity contribution in [1.29, 1.82) is 0 Å². The summed E-state index contributed by atoms with van der Waals surface area (Å²) in [7, 11) is 1.66. The molecular weight excluding hydrogens is 286 g/mol. The molecule has 0 radical (unpaired) electrons. The van der Waals surface area contributed by atoms with Crippen LogP contribution in [0.25, 0.3) is 0 Å². The average Bonchev–Trinajstić information content (AvgIpc) is 2.75. The van der Waals surface area contributed by atoms with Gasteiger partial charge >= 0.3 is 0 Å². The zero-order valence-corrected chi connectivity index (χ0v) is 13.7. The topological polar surface area (TPSA) is 53.1 Å². The number of nitrogens with zero attached hydrogens (tertiary/aromatic N) is 2. The van der Waals surface area contributed by atoms with Gasteiger partial charge in [0.1, 0.15) is 5.75 Å². The second-order valence-electron chi connectivity index (χ2n) is 5.22. The third-order valence-electron chi connectivity index (χ3n) is 3.83. The van der Waals surface area contributed by atoms with Gasteiger partial charge in [0.2, 0.25) is 0 Å². The van der Waals surface area contributed by atoms with E-state index >= 15 is 0 Å². The van der Waals surface area contributed by atoms with Crippen LogP contribution in [-0.2, 0) is 0 Å². The molecule has 0 saturated carbocycles. The SMILES string of the molecule is CCC(N)C(c1ccc(OC)cc1)n1nc(C)c(Cl)c1C. The Morgan fingerprint density at radius 1 is 1.29 bits per heavy atom. The molecule has 0 aliphatic carbocycles. The third kappa shape index (κ3) is 3.06. The van der Waals surface area contributed by atoms with Gasteiger partial charge in [-0.25, -0.2) is 0 Å². The molecule has 0 spiro atoms. The molecule has 2 atom stereocenters. The van der Waals surface area contributed by atoms with Gasteiger partial charge in [-0.2, -0.15) is 5.10 Å². The van der Waals surface area contributed by atoms with Crippen LogP contribution < -0.4 is 10.5 Å². The van der Waals surface area contributed by atoms with Gasteiger partial charge in [-0.1, -0.05) is 30.7 Å². The Morgan fingerprint density at radius 2 is 1.90 bits per heavy atom. The Labute approximate surface area is 130 Å². The Kier molecular flexibility index (Phi) is 4.91. The van der Waals surface area contributed by atoms with E-state index in [0.29, 0.717) is 5.02 Å². The highest BCUT2D eigenvalue weighted by atomic mass is 35.5. The van der Waals surface area contributed by atoms with E-state index in [1.807, 2.05) is 42.8 Å². The maximum Gasteiger partial charge on any atom is 0.118 e. The molecule has 1 aromatic carbocycles. The minimum atomic E-state index is -0.0351. The number of nitrogens with two attached hydrogens (primary N) is 1. The number of methoxy groups -OCH3 is 1. The number of aromatic nitrogens is 2.